The van der Waals surface area contributed by atoms with Gasteiger partial charge >= 0.3 is 0 Å². The number of nitrogens with one attached hydrogen (secondary N) is 1. The maximum atomic E-state index is 12.8. The minimum Gasteiger partial charge on any atom is -0.490 e. The van der Waals surface area contributed by atoms with Gasteiger partial charge in [0.2, 0.25) is 5.91 Å². The van der Waals surface area contributed by atoms with E-state index in [9.17, 15) is 9.59 Å². The molecular formula is C20H23N3O3. The van der Waals surface area contributed by atoms with Crippen LogP contribution in [0.2, 0.25) is 0 Å². The van der Waals surface area contributed by atoms with Crippen LogP contribution >= 0.6 is 0 Å². The highest BCUT2D eigenvalue weighted by Gasteiger charge is 2.23. The van der Waals surface area contributed by atoms with Crippen LogP contribution in [0.5, 0.6) is 5.75 Å². The Hall–Kier alpha value is -2.63. The summed E-state index contributed by atoms with van der Waals surface area (Å²) in [6.07, 6.45) is 2.65. The first-order chi connectivity index (χ1) is 12.5. The van der Waals surface area contributed by atoms with E-state index >= 15 is 0 Å². The van der Waals surface area contributed by atoms with Gasteiger partial charge in [-0.25, -0.2) is 4.98 Å². The monoisotopic (exact) mass is 353 g/mol. The highest BCUT2D eigenvalue weighted by Crippen LogP contribution is 2.29. The zero-order valence-electron chi connectivity index (χ0n) is 15.2. The number of carbonyl (C=O) groups is 1. The minimum absolute atomic E-state index is 0.0745. The lowest BCUT2D eigenvalue weighted by atomic mass is 10.0. The van der Waals surface area contributed by atoms with E-state index in [2.05, 4.69) is 23.0 Å². The van der Waals surface area contributed by atoms with E-state index in [-0.39, 0.29) is 17.6 Å². The molecule has 6 nitrogen and oxygen atoms in total. The van der Waals surface area contributed by atoms with Crippen molar-refractivity contribution in [1.82, 2.24) is 14.9 Å². The van der Waals surface area contributed by atoms with E-state index in [0.717, 1.165) is 29.0 Å². The summed E-state index contributed by atoms with van der Waals surface area (Å²) < 4.78 is 5.72. The molecule has 3 heterocycles. The fraction of sp³-hybridized carbons (Fsp3) is 0.450. The molecule has 1 atom stereocenters. The molecule has 6 heteroatoms. The number of aromatic amines is 1. The summed E-state index contributed by atoms with van der Waals surface area (Å²) in [5, 5.41) is 0. The smallest absolute Gasteiger partial charge is 0.254 e. The van der Waals surface area contributed by atoms with E-state index < -0.39 is 0 Å². The van der Waals surface area contributed by atoms with Crippen molar-refractivity contribution in [3.8, 4) is 5.75 Å². The van der Waals surface area contributed by atoms with E-state index in [1.165, 1.54) is 5.56 Å². The number of nitrogens with zero attached hydrogens (tertiary/aromatic N) is 2. The summed E-state index contributed by atoms with van der Waals surface area (Å²) >= 11 is 0. The molecule has 0 bridgehead atoms. The first-order valence-corrected chi connectivity index (χ1v) is 9.14. The maximum absolute atomic E-state index is 12.8. The summed E-state index contributed by atoms with van der Waals surface area (Å²) in [6, 6.07) is 6.02. The van der Waals surface area contributed by atoms with Crippen LogP contribution in [0.25, 0.3) is 0 Å². The van der Waals surface area contributed by atoms with Crippen LogP contribution in [0.1, 0.15) is 35.1 Å². The standard InChI is InChI=1S/C20H23N3O3/c1-12-9-15-10-14(3-4-18(15)26-12)11-19(24)23-7-5-16-17(6-8-23)21-13(2)22-20(16)25/h3-4,10,12H,5-9,11H2,1-2H3,(H,21,22,25)/t12-/m1/s1. The van der Waals surface area contributed by atoms with Crippen LogP contribution < -0.4 is 10.3 Å². The SMILES string of the molecule is Cc1nc2c(c(=O)[nH]1)CCN(C(=O)Cc1ccc3c(c1)C[C@@H](C)O3)CC2. The molecule has 0 radical (unpaired) electrons. The van der Waals surface area contributed by atoms with Gasteiger partial charge in [-0.3, -0.25) is 9.59 Å². The van der Waals surface area contributed by atoms with Crippen molar-refractivity contribution < 1.29 is 9.53 Å². The van der Waals surface area contributed by atoms with Gasteiger partial charge in [-0.1, -0.05) is 12.1 Å². The molecule has 136 valence electrons. The molecule has 1 N–H and O–H groups in total. The molecule has 1 aromatic carbocycles. The average molecular weight is 353 g/mol. The number of carbonyl (C=O) groups excluding carboxylic acids is 1. The molecule has 0 saturated carbocycles. The Morgan fingerprint density at radius 3 is 3.00 bits per heavy atom. The fourth-order valence-corrected chi connectivity index (χ4v) is 3.85. The first kappa shape index (κ1) is 16.8. The Morgan fingerprint density at radius 1 is 1.35 bits per heavy atom. The predicted molar refractivity (Wildman–Crippen MR) is 97.5 cm³/mol. The van der Waals surface area contributed by atoms with Gasteiger partial charge in [-0.15, -0.1) is 0 Å². The number of ether oxygens (including phenoxy) is 1. The first-order valence-electron chi connectivity index (χ1n) is 9.14. The average Bonchev–Trinajstić information content (AvgIpc) is 2.81. The van der Waals surface area contributed by atoms with Crippen molar-refractivity contribution >= 4 is 5.91 Å². The molecule has 0 saturated heterocycles. The van der Waals surface area contributed by atoms with Crippen LogP contribution in [0, 0.1) is 6.92 Å². The molecule has 0 unspecified atom stereocenters. The molecule has 2 aliphatic rings. The van der Waals surface area contributed by atoms with Crippen LogP contribution in [0.4, 0.5) is 0 Å². The third kappa shape index (κ3) is 3.23. The number of H-pyrrole nitrogens is 1. The molecular weight excluding hydrogens is 330 g/mol. The van der Waals surface area contributed by atoms with Gasteiger partial charge in [0.1, 0.15) is 17.7 Å². The Labute approximate surface area is 152 Å². The van der Waals surface area contributed by atoms with Crippen molar-refractivity contribution in [2.75, 3.05) is 13.1 Å². The Bertz CT molecular complexity index is 919. The number of aryl methyl sites for hydroxylation is 1. The summed E-state index contributed by atoms with van der Waals surface area (Å²) in [7, 11) is 0. The van der Waals surface area contributed by atoms with Gasteiger partial charge in [0.05, 0.1) is 12.1 Å². The molecule has 0 spiro atoms. The molecule has 2 aliphatic heterocycles. The van der Waals surface area contributed by atoms with E-state index in [0.29, 0.717) is 38.2 Å². The lowest BCUT2D eigenvalue weighted by Crippen LogP contribution is -2.34. The number of benzene rings is 1. The Kier molecular flexibility index (Phi) is 4.26. The summed E-state index contributed by atoms with van der Waals surface area (Å²) in [6.45, 7) is 5.00. The van der Waals surface area contributed by atoms with Crippen LogP contribution in [0.3, 0.4) is 0 Å². The van der Waals surface area contributed by atoms with Crippen molar-refractivity contribution in [2.45, 2.75) is 45.6 Å². The molecule has 2 aromatic rings. The zero-order valence-corrected chi connectivity index (χ0v) is 15.2. The predicted octanol–water partition coefficient (Wildman–Crippen LogP) is 1.57. The van der Waals surface area contributed by atoms with Gasteiger partial charge in [0.25, 0.3) is 5.56 Å². The highest BCUT2D eigenvalue weighted by molar-refractivity contribution is 5.79. The fourth-order valence-electron chi connectivity index (χ4n) is 3.85. The number of hydrogen-bond donors (Lipinski definition) is 1. The van der Waals surface area contributed by atoms with Gasteiger partial charge in [0, 0.05) is 31.5 Å². The molecule has 0 aliphatic carbocycles. The molecule has 0 fully saturated rings. The third-order valence-electron chi connectivity index (χ3n) is 5.14. The normalized spacial score (nSPS) is 18.7. The number of rotatable bonds is 2. The molecule has 4 rings (SSSR count). The second kappa shape index (κ2) is 6.59. The van der Waals surface area contributed by atoms with Crippen molar-refractivity contribution in [3.05, 3.63) is 56.8 Å². The van der Waals surface area contributed by atoms with Crippen LogP contribution in [-0.2, 0) is 30.5 Å². The van der Waals surface area contributed by atoms with Crippen LogP contribution in [0.15, 0.2) is 23.0 Å². The second-order valence-corrected chi connectivity index (χ2v) is 7.21. The van der Waals surface area contributed by atoms with Gasteiger partial charge in [0.15, 0.2) is 0 Å². The number of amides is 1. The van der Waals surface area contributed by atoms with Crippen molar-refractivity contribution in [2.24, 2.45) is 0 Å². The Morgan fingerprint density at radius 2 is 2.15 bits per heavy atom. The maximum Gasteiger partial charge on any atom is 0.254 e. The molecule has 1 amide bonds. The minimum atomic E-state index is -0.0745. The topological polar surface area (TPSA) is 75.3 Å². The summed E-state index contributed by atoms with van der Waals surface area (Å²) in [5.41, 5.74) is 3.66. The number of hydrogen-bond acceptors (Lipinski definition) is 4. The lowest BCUT2D eigenvalue weighted by Gasteiger charge is -2.20. The number of aromatic nitrogens is 2. The van der Waals surface area contributed by atoms with Gasteiger partial charge < -0.3 is 14.6 Å². The third-order valence-corrected chi connectivity index (χ3v) is 5.14. The van der Waals surface area contributed by atoms with E-state index in [1.807, 2.05) is 17.0 Å². The van der Waals surface area contributed by atoms with E-state index in [1.54, 1.807) is 6.92 Å². The summed E-state index contributed by atoms with van der Waals surface area (Å²) in [5.74, 6) is 1.65. The Balaban J connectivity index is 1.46. The largest absolute Gasteiger partial charge is 0.490 e. The summed E-state index contributed by atoms with van der Waals surface area (Å²) in [4.78, 5) is 34.0. The van der Waals surface area contributed by atoms with Crippen molar-refractivity contribution in [1.29, 1.82) is 0 Å². The van der Waals surface area contributed by atoms with E-state index in [4.69, 9.17) is 4.74 Å². The molecule has 26 heavy (non-hydrogen) atoms. The quantitative estimate of drug-likeness (QED) is 0.889. The van der Waals surface area contributed by atoms with Crippen molar-refractivity contribution in [3.63, 3.8) is 0 Å². The van der Waals surface area contributed by atoms with Crippen LogP contribution in [-0.4, -0.2) is 40.0 Å². The van der Waals surface area contributed by atoms with Gasteiger partial charge in [-0.05, 0) is 37.5 Å². The van der Waals surface area contributed by atoms with Gasteiger partial charge in [-0.2, -0.15) is 0 Å². The zero-order chi connectivity index (χ0) is 18.3. The lowest BCUT2D eigenvalue weighted by molar-refractivity contribution is -0.130. The second-order valence-electron chi connectivity index (χ2n) is 7.21. The number of fused-ring (bicyclic) bond motifs is 2. The highest BCUT2D eigenvalue weighted by atomic mass is 16.5. The molecule has 1 aromatic heterocycles.